The number of aliphatic hydroxyl groups excluding tert-OH is 1. The van der Waals surface area contributed by atoms with Crippen LogP contribution in [0, 0.1) is 0 Å². The van der Waals surface area contributed by atoms with E-state index in [0.29, 0.717) is 6.61 Å². The summed E-state index contributed by atoms with van der Waals surface area (Å²) in [6.07, 6.45) is 0.882. The second kappa shape index (κ2) is 11.2. The van der Waals surface area contributed by atoms with E-state index in [1.807, 2.05) is 14.1 Å². The third-order valence-corrected chi connectivity index (χ3v) is 0.763. The van der Waals surface area contributed by atoms with Crippen LogP contribution >= 0.6 is 0 Å². The average Bonchev–Trinajstić information content (AvgIpc) is 1.85. The molecule has 0 spiro atoms. The Morgan fingerprint density at radius 2 is 1.90 bits per heavy atom. The highest BCUT2D eigenvalue weighted by Crippen LogP contribution is 1.77. The molecular weight excluding hydrogens is 134 g/mol. The number of hydrogen-bond acceptors (Lipinski definition) is 3. The molecule has 0 aromatic carbocycles. The highest BCUT2D eigenvalue weighted by Gasteiger charge is 1.84. The Balaban J connectivity index is 0. The van der Waals surface area contributed by atoms with E-state index in [1.165, 1.54) is 0 Å². The van der Waals surface area contributed by atoms with Crippen LogP contribution in [0.15, 0.2) is 0 Å². The third kappa shape index (κ3) is 26.3. The molecule has 0 aliphatic rings. The lowest BCUT2D eigenvalue weighted by Crippen LogP contribution is -2.13. The van der Waals surface area contributed by atoms with Crippen molar-refractivity contribution in [2.24, 2.45) is 0 Å². The molecule has 0 amide bonds. The van der Waals surface area contributed by atoms with Crippen LogP contribution in [0.25, 0.3) is 0 Å². The number of rotatable bonds is 3. The van der Waals surface area contributed by atoms with E-state index in [0.717, 1.165) is 13.0 Å². The minimum absolute atomic E-state index is 0.250. The van der Waals surface area contributed by atoms with E-state index in [4.69, 9.17) is 15.0 Å². The van der Waals surface area contributed by atoms with Crippen LogP contribution in [0.5, 0.6) is 0 Å². The Morgan fingerprint density at radius 1 is 1.50 bits per heavy atom. The van der Waals surface area contributed by atoms with Gasteiger partial charge in [0.2, 0.25) is 0 Å². The average molecular weight is 149 g/mol. The molecule has 0 unspecified atom stereocenters. The standard InChI is InChI=1S/C5H13NO.CH2O2/c1-6(2)4-3-5-7;2-1-3/h7H,3-5H2,1-2H3;1H,(H,2,3). The van der Waals surface area contributed by atoms with Crippen molar-refractivity contribution in [3.63, 3.8) is 0 Å². The van der Waals surface area contributed by atoms with Crippen LogP contribution in [-0.2, 0) is 4.79 Å². The molecule has 0 rings (SSSR count). The molecule has 0 fully saturated rings. The fraction of sp³-hybridized carbons (Fsp3) is 0.833. The fourth-order valence-corrected chi connectivity index (χ4v) is 0.387. The smallest absolute Gasteiger partial charge is 0.290 e. The predicted molar refractivity (Wildman–Crippen MR) is 38.9 cm³/mol. The molecule has 4 nitrogen and oxygen atoms in total. The van der Waals surface area contributed by atoms with Crippen LogP contribution in [0.4, 0.5) is 0 Å². The van der Waals surface area contributed by atoms with Crippen molar-refractivity contribution < 1.29 is 15.0 Å². The largest absolute Gasteiger partial charge is 0.483 e. The summed E-state index contributed by atoms with van der Waals surface area (Å²) < 4.78 is 0. The zero-order valence-electron chi connectivity index (χ0n) is 6.45. The molecule has 0 bridgehead atoms. The molecule has 0 aromatic heterocycles. The van der Waals surface area contributed by atoms with Gasteiger partial charge in [-0.3, -0.25) is 4.79 Å². The lowest BCUT2D eigenvalue weighted by Gasteiger charge is -2.05. The van der Waals surface area contributed by atoms with Crippen molar-refractivity contribution in [1.82, 2.24) is 4.90 Å². The van der Waals surface area contributed by atoms with Gasteiger partial charge in [-0.1, -0.05) is 0 Å². The van der Waals surface area contributed by atoms with Gasteiger partial charge in [0, 0.05) is 6.61 Å². The van der Waals surface area contributed by atoms with Crippen LogP contribution in [-0.4, -0.2) is 48.8 Å². The van der Waals surface area contributed by atoms with Crippen molar-refractivity contribution in [3.05, 3.63) is 0 Å². The molecule has 0 saturated carbocycles. The van der Waals surface area contributed by atoms with E-state index < -0.39 is 0 Å². The maximum atomic E-state index is 8.36. The number of aliphatic hydroxyl groups is 1. The molecule has 0 radical (unpaired) electrons. The SMILES string of the molecule is CN(C)CCCO.O=CO. The van der Waals surface area contributed by atoms with Gasteiger partial charge in [0.15, 0.2) is 0 Å². The van der Waals surface area contributed by atoms with Crippen molar-refractivity contribution in [2.75, 3.05) is 27.2 Å². The summed E-state index contributed by atoms with van der Waals surface area (Å²) in [6.45, 7) is 1.04. The Labute approximate surface area is 61.1 Å². The summed E-state index contributed by atoms with van der Waals surface area (Å²) in [5, 5.41) is 15.2. The minimum atomic E-state index is -0.250. The van der Waals surface area contributed by atoms with Gasteiger partial charge in [-0.15, -0.1) is 0 Å². The van der Waals surface area contributed by atoms with E-state index >= 15 is 0 Å². The summed E-state index contributed by atoms with van der Waals surface area (Å²) in [4.78, 5) is 10.4. The van der Waals surface area contributed by atoms with Gasteiger partial charge >= 0.3 is 0 Å². The molecule has 4 heteroatoms. The third-order valence-electron chi connectivity index (χ3n) is 0.763. The first-order valence-corrected chi connectivity index (χ1v) is 3.02. The molecule has 10 heavy (non-hydrogen) atoms. The monoisotopic (exact) mass is 149 g/mol. The van der Waals surface area contributed by atoms with Crippen LogP contribution in [0.1, 0.15) is 6.42 Å². The van der Waals surface area contributed by atoms with Gasteiger partial charge in [-0.05, 0) is 27.1 Å². The van der Waals surface area contributed by atoms with E-state index in [1.54, 1.807) is 0 Å². The molecular formula is C6H15NO3. The van der Waals surface area contributed by atoms with E-state index in [2.05, 4.69) is 4.90 Å². The summed E-state index contributed by atoms with van der Waals surface area (Å²) >= 11 is 0. The van der Waals surface area contributed by atoms with Crippen molar-refractivity contribution >= 4 is 6.47 Å². The van der Waals surface area contributed by atoms with Crippen molar-refractivity contribution in [3.8, 4) is 0 Å². The second-order valence-corrected chi connectivity index (χ2v) is 1.99. The van der Waals surface area contributed by atoms with Crippen molar-refractivity contribution in [1.29, 1.82) is 0 Å². The lowest BCUT2D eigenvalue weighted by molar-refractivity contribution is -0.122. The first-order valence-electron chi connectivity index (χ1n) is 3.02. The van der Waals surface area contributed by atoms with Crippen LogP contribution in [0.2, 0.25) is 0 Å². The Hall–Kier alpha value is -0.610. The molecule has 62 valence electrons. The number of hydrogen-bond donors (Lipinski definition) is 2. The normalized spacial score (nSPS) is 8.40. The maximum absolute atomic E-state index is 8.36. The topological polar surface area (TPSA) is 60.8 Å². The van der Waals surface area contributed by atoms with Crippen LogP contribution in [0.3, 0.4) is 0 Å². The summed E-state index contributed by atoms with van der Waals surface area (Å²) in [5.74, 6) is 0. The second-order valence-electron chi connectivity index (χ2n) is 1.99. The van der Waals surface area contributed by atoms with Gasteiger partial charge in [0.05, 0.1) is 0 Å². The highest BCUT2D eigenvalue weighted by molar-refractivity contribution is 5.32. The Morgan fingerprint density at radius 3 is 2.00 bits per heavy atom. The number of carbonyl (C=O) groups is 1. The Bertz CT molecular complexity index is 66.0. The summed E-state index contributed by atoms with van der Waals surface area (Å²) in [7, 11) is 3.99. The van der Waals surface area contributed by atoms with E-state index in [9.17, 15) is 0 Å². The molecule has 0 aliphatic carbocycles. The molecule has 2 N–H and O–H groups in total. The quantitative estimate of drug-likeness (QED) is 0.537. The molecule has 0 saturated heterocycles. The van der Waals surface area contributed by atoms with Gasteiger partial charge in [-0.25, -0.2) is 0 Å². The van der Waals surface area contributed by atoms with Crippen LogP contribution < -0.4 is 0 Å². The highest BCUT2D eigenvalue weighted by atomic mass is 16.3. The van der Waals surface area contributed by atoms with Crippen molar-refractivity contribution in [2.45, 2.75) is 6.42 Å². The van der Waals surface area contributed by atoms with Gasteiger partial charge < -0.3 is 15.1 Å². The lowest BCUT2D eigenvalue weighted by atomic mass is 10.4. The summed E-state index contributed by atoms with van der Waals surface area (Å²) in [5.41, 5.74) is 0. The first-order chi connectivity index (χ1) is 4.68. The van der Waals surface area contributed by atoms with E-state index in [-0.39, 0.29) is 6.47 Å². The minimum Gasteiger partial charge on any atom is -0.483 e. The first kappa shape index (κ1) is 12.1. The molecule has 0 aromatic rings. The molecule has 0 atom stereocenters. The number of carboxylic acid groups (broad SMARTS) is 1. The predicted octanol–water partition coefficient (Wildman–Crippen LogP) is -0.369. The van der Waals surface area contributed by atoms with Gasteiger partial charge in [0.25, 0.3) is 6.47 Å². The van der Waals surface area contributed by atoms with Gasteiger partial charge in [0.1, 0.15) is 0 Å². The Kier molecular flexibility index (Phi) is 13.6. The zero-order chi connectivity index (χ0) is 8.41. The zero-order valence-corrected chi connectivity index (χ0v) is 6.45. The molecule has 0 heterocycles. The molecule has 0 aliphatic heterocycles. The maximum Gasteiger partial charge on any atom is 0.290 e. The fourth-order valence-electron chi connectivity index (χ4n) is 0.387. The van der Waals surface area contributed by atoms with Gasteiger partial charge in [-0.2, -0.15) is 0 Å². The summed E-state index contributed by atoms with van der Waals surface area (Å²) in [6, 6.07) is 0. The number of nitrogens with zero attached hydrogens (tertiary/aromatic N) is 1.